The van der Waals surface area contributed by atoms with Crippen molar-refractivity contribution < 1.29 is 0 Å². The number of aromatic nitrogens is 1. The number of rotatable bonds is 10. The second-order valence-corrected chi connectivity index (χ2v) is 8.67. The minimum absolute atomic E-state index is 0.359. The van der Waals surface area contributed by atoms with Crippen molar-refractivity contribution in [3.05, 3.63) is 69.8 Å². The number of benzene rings is 2. The van der Waals surface area contributed by atoms with Crippen molar-refractivity contribution in [1.82, 2.24) is 9.88 Å². The van der Waals surface area contributed by atoms with Gasteiger partial charge in [-0.2, -0.15) is 0 Å². The van der Waals surface area contributed by atoms with Gasteiger partial charge in [-0.05, 0) is 81.4 Å². The standard InChI is InChI=1S/C26H31Cl2N3/c1-4-31(5-2)16-8-9-19(3)29-26-18-22(14-12-20-10-6-7-11-24(20)28)30-25-17-21(27)13-15-23(25)26/h6-7,10-15,17-19H,4-5,8-9,16H2,1-3H3,(H,29,30)/t19-/m1/s1. The van der Waals surface area contributed by atoms with Crippen LogP contribution in [0, 0.1) is 0 Å². The first-order valence-electron chi connectivity index (χ1n) is 11.0. The summed E-state index contributed by atoms with van der Waals surface area (Å²) >= 11 is 12.5. The van der Waals surface area contributed by atoms with Gasteiger partial charge in [0.15, 0.2) is 0 Å². The van der Waals surface area contributed by atoms with Crippen molar-refractivity contribution in [3.63, 3.8) is 0 Å². The fourth-order valence-corrected chi connectivity index (χ4v) is 4.08. The average molecular weight is 456 g/mol. The van der Waals surface area contributed by atoms with Crippen LogP contribution < -0.4 is 5.32 Å². The van der Waals surface area contributed by atoms with Crippen LogP contribution in [-0.2, 0) is 0 Å². The molecule has 0 amide bonds. The Morgan fingerprint density at radius 3 is 2.55 bits per heavy atom. The molecule has 1 heterocycles. The first kappa shape index (κ1) is 23.6. The van der Waals surface area contributed by atoms with Crippen molar-refractivity contribution in [3.8, 4) is 0 Å². The van der Waals surface area contributed by atoms with Crippen LogP contribution in [0.1, 0.15) is 44.9 Å². The van der Waals surface area contributed by atoms with Crippen LogP contribution >= 0.6 is 23.2 Å². The fourth-order valence-electron chi connectivity index (χ4n) is 3.71. The summed E-state index contributed by atoms with van der Waals surface area (Å²) in [7, 11) is 0. The van der Waals surface area contributed by atoms with Gasteiger partial charge in [-0.1, -0.05) is 61.3 Å². The van der Waals surface area contributed by atoms with Crippen LogP contribution in [0.5, 0.6) is 0 Å². The SMILES string of the molecule is CCN(CC)CCC[C@@H](C)Nc1cc(C=Cc2ccccc2Cl)nc2cc(Cl)ccc12. The molecule has 0 aliphatic heterocycles. The Labute approximate surface area is 196 Å². The number of halogens is 2. The molecule has 0 saturated carbocycles. The molecule has 0 aliphatic rings. The molecule has 0 aliphatic carbocycles. The lowest BCUT2D eigenvalue weighted by Gasteiger charge is -2.21. The Bertz CT molecular complexity index is 1030. The number of pyridine rings is 1. The van der Waals surface area contributed by atoms with Crippen LogP contribution in [0.25, 0.3) is 23.1 Å². The van der Waals surface area contributed by atoms with E-state index in [-0.39, 0.29) is 0 Å². The maximum atomic E-state index is 6.29. The van der Waals surface area contributed by atoms with Gasteiger partial charge in [0, 0.05) is 27.2 Å². The monoisotopic (exact) mass is 455 g/mol. The zero-order chi connectivity index (χ0) is 22.2. The summed E-state index contributed by atoms with van der Waals surface area (Å²) < 4.78 is 0. The van der Waals surface area contributed by atoms with Crippen LogP contribution in [0.3, 0.4) is 0 Å². The van der Waals surface area contributed by atoms with Gasteiger partial charge in [0.25, 0.3) is 0 Å². The van der Waals surface area contributed by atoms with E-state index in [1.807, 2.05) is 54.6 Å². The Morgan fingerprint density at radius 1 is 1.03 bits per heavy atom. The third-order valence-corrected chi connectivity index (χ3v) is 6.12. The second kappa shape index (κ2) is 11.5. The molecule has 1 aromatic heterocycles. The molecule has 31 heavy (non-hydrogen) atoms. The van der Waals surface area contributed by atoms with E-state index in [1.54, 1.807) is 0 Å². The summed E-state index contributed by atoms with van der Waals surface area (Å²) in [6, 6.07) is 16.1. The largest absolute Gasteiger partial charge is 0.382 e. The smallest absolute Gasteiger partial charge is 0.0744 e. The molecule has 0 fully saturated rings. The number of nitrogens with one attached hydrogen (secondary N) is 1. The van der Waals surface area contributed by atoms with Crippen LogP contribution in [0.15, 0.2) is 48.5 Å². The van der Waals surface area contributed by atoms with E-state index in [0.29, 0.717) is 11.1 Å². The number of anilines is 1. The van der Waals surface area contributed by atoms with E-state index >= 15 is 0 Å². The molecular weight excluding hydrogens is 425 g/mol. The highest BCUT2D eigenvalue weighted by atomic mass is 35.5. The zero-order valence-electron chi connectivity index (χ0n) is 18.5. The van der Waals surface area contributed by atoms with Crippen molar-refractivity contribution in [2.24, 2.45) is 0 Å². The van der Waals surface area contributed by atoms with Crippen LogP contribution in [0.2, 0.25) is 10.0 Å². The molecule has 0 radical (unpaired) electrons. The molecule has 0 saturated heterocycles. The Morgan fingerprint density at radius 2 is 1.81 bits per heavy atom. The number of hydrogen-bond acceptors (Lipinski definition) is 3. The molecule has 3 rings (SSSR count). The van der Waals surface area contributed by atoms with Crippen molar-refractivity contribution in [2.45, 2.75) is 39.7 Å². The molecule has 164 valence electrons. The molecule has 1 N–H and O–H groups in total. The molecule has 0 bridgehead atoms. The van der Waals surface area contributed by atoms with E-state index in [0.717, 1.165) is 58.9 Å². The Hall–Kier alpha value is -2.07. The lowest BCUT2D eigenvalue weighted by molar-refractivity contribution is 0.295. The minimum Gasteiger partial charge on any atom is -0.382 e. The van der Waals surface area contributed by atoms with E-state index < -0.39 is 0 Å². The van der Waals surface area contributed by atoms with Gasteiger partial charge < -0.3 is 10.2 Å². The summed E-state index contributed by atoms with van der Waals surface area (Å²) in [6.45, 7) is 10.0. The Kier molecular flexibility index (Phi) is 8.77. The summed E-state index contributed by atoms with van der Waals surface area (Å²) in [5, 5.41) is 6.19. The molecule has 0 unspecified atom stereocenters. The minimum atomic E-state index is 0.359. The van der Waals surface area contributed by atoms with E-state index in [2.05, 4.69) is 37.1 Å². The number of nitrogens with zero attached hydrogens (tertiary/aromatic N) is 2. The van der Waals surface area contributed by atoms with Gasteiger partial charge in [-0.15, -0.1) is 0 Å². The quantitative estimate of drug-likeness (QED) is 0.340. The van der Waals surface area contributed by atoms with Gasteiger partial charge >= 0.3 is 0 Å². The summed E-state index contributed by atoms with van der Waals surface area (Å²) in [6.07, 6.45) is 6.28. The molecular formula is C26H31Cl2N3. The summed E-state index contributed by atoms with van der Waals surface area (Å²) in [5.74, 6) is 0. The molecule has 2 aromatic carbocycles. The fraction of sp³-hybridized carbons (Fsp3) is 0.346. The second-order valence-electron chi connectivity index (χ2n) is 7.83. The molecule has 3 aromatic rings. The maximum absolute atomic E-state index is 6.29. The first-order chi connectivity index (χ1) is 15.0. The normalized spacial score (nSPS) is 12.7. The number of fused-ring (bicyclic) bond motifs is 1. The zero-order valence-corrected chi connectivity index (χ0v) is 20.0. The van der Waals surface area contributed by atoms with E-state index in [1.165, 1.54) is 6.42 Å². The van der Waals surface area contributed by atoms with Crippen molar-refractivity contribution in [1.29, 1.82) is 0 Å². The van der Waals surface area contributed by atoms with E-state index in [9.17, 15) is 0 Å². The van der Waals surface area contributed by atoms with Gasteiger partial charge in [-0.3, -0.25) is 0 Å². The van der Waals surface area contributed by atoms with Crippen molar-refractivity contribution in [2.75, 3.05) is 25.0 Å². The van der Waals surface area contributed by atoms with Crippen LogP contribution in [-0.4, -0.2) is 35.6 Å². The highest BCUT2D eigenvalue weighted by Gasteiger charge is 2.10. The van der Waals surface area contributed by atoms with E-state index in [4.69, 9.17) is 28.2 Å². The summed E-state index contributed by atoms with van der Waals surface area (Å²) in [5.41, 5.74) is 3.80. The third kappa shape index (κ3) is 6.70. The van der Waals surface area contributed by atoms with Gasteiger partial charge in [-0.25, -0.2) is 4.98 Å². The Balaban J connectivity index is 1.81. The molecule has 0 spiro atoms. The third-order valence-electron chi connectivity index (χ3n) is 5.54. The summed E-state index contributed by atoms with van der Waals surface area (Å²) in [4.78, 5) is 7.26. The topological polar surface area (TPSA) is 28.2 Å². The molecule has 5 heteroatoms. The highest BCUT2D eigenvalue weighted by molar-refractivity contribution is 6.32. The predicted octanol–water partition coefficient (Wildman–Crippen LogP) is 7.63. The highest BCUT2D eigenvalue weighted by Crippen LogP contribution is 2.28. The average Bonchev–Trinajstić information content (AvgIpc) is 2.76. The molecule has 3 nitrogen and oxygen atoms in total. The lowest BCUT2D eigenvalue weighted by Crippen LogP contribution is -2.25. The van der Waals surface area contributed by atoms with Gasteiger partial charge in [0.1, 0.15) is 0 Å². The first-order valence-corrected chi connectivity index (χ1v) is 11.8. The van der Waals surface area contributed by atoms with Crippen LogP contribution in [0.4, 0.5) is 5.69 Å². The lowest BCUT2D eigenvalue weighted by atomic mass is 10.1. The molecule has 1 atom stereocenters. The predicted molar refractivity (Wildman–Crippen MR) is 137 cm³/mol. The van der Waals surface area contributed by atoms with Gasteiger partial charge in [0.05, 0.1) is 11.2 Å². The van der Waals surface area contributed by atoms with Gasteiger partial charge in [0.2, 0.25) is 0 Å². The number of hydrogen-bond donors (Lipinski definition) is 1. The van der Waals surface area contributed by atoms with Crippen molar-refractivity contribution >= 4 is 51.9 Å². The maximum Gasteiger partial charge on any atom is 0.0744 e.